The second kappa shape index (κ2) is 9.53. The van der Waals surface area contributed by atoms with E-state index >= 15 is 0 Å². The number of hydrogen-bond donors (Lipinski definition) is 0. The molecule has 0 fully saturated rings. The molecule has 17 heavy (non-hydrogen) atoms. The molecule has 0 aliphatic heterocycles. The van der Waals surface area contributed by atoms with Crippen LogP contribution in [0.15, 0.2) is 24.3 Å². The predicted molar refractivity (Wildman–Crippen MR) is 77.8 cm³/mol. The SMILES string of the molecule is CCCCCCCCCCc1ccccc1Cl. The minimum Gasteiger partial charge on any atom is -0.0840 e. The van der Waals surface area contributed by atoms with E-state index in [2.05, 4.69) is 19.1 Å². The van der Waals surface area contributed by atoms with Crippen molar-refractivity contribution in [1.82, 2.24) is 0 Å². The molecule has 0 spiro atoms. The summed E-state index contributed by atoms with van der Waals surface area (Å²) in [6, 6.07) is 8.21. The van der Waals surface area contributed by atoms with Gasteiger partial charge in [-0.1, -0.05) is 81.7 Å². The first-order valence-corrected chi connectivity index (χ1v) is 7.45. The van der Waals surface area contributed by atoms with Gasteiger partial charge in [0.15, 0.2) is 0 Å². The summed E-state index contributed by atoms with van der Waals surface area (Å²) in [6.45, 7) is 2.27. The van der Waals surface area contributed by atoms with E-state index in [0.717, 1.165) is 11.4 Å². The van der Waals surface area contributed by atoms with Gasteiger partial charge in [0.2, 0.25) is 0 Å². The van der Waals surface area contributed by atoms with Crippen molar-refractivity contribution < 1.29 is 0 Å². The summed E-state index contributed by atoms with van der Waals surface area (Å²) < 4.78 is 0. The van der Waals surface area contributed by atoms with Crippen molar-refractivity contribution in [3.8, 4) is 0 Å². The summed E-state index contributed by atoms with van der Waals surface area (Å²) in [4.78, 5) is 0. The van der Waals surface area contributed by atoms with Crippen LogP contribution in [0, 0.1) is 0 Å². The Bertz CT molecular complexity index is 293. The molecule has 96 valence electrons. The molecule has 0 aliphatic carbocycles. The summed E-state index contributed by atoms with van der Waals surface area (Å²) in [5, 5.41) is 0.926. The largest absolute Gasteiger partial charge is 0.0840 e. The van der Waals surface area contributed by atoms with Gasteiger partial charge in [-0.25, -0.2) is 0 Å². The van der Waals surface area contributed by atoms with Crippen molar-refractivity contribution in [3.05, 3.63) is 34.9 Å². The van der Waals surface area contributed by atoms with Crippen LogP contribution in [0.5, 0.6) is 0 Å². The maximum Gasteiger partial charge on any atom is 0.0437 e. The zero-order valence-electron chi connectivity index (χ0n) is 11.1. The minimum absolute atomic E-state index is 0.926. The topological polar surface area (TPSA) is 0 Å². The number of benzene rings is 1. The molecule has 0 atom stereocenters. The molecule has 0 amide bonds. The molecule has 1 rings (SSSR count). The van der Waals surface area contributed by atoms with Gasteiger partial charge in [-0.05, 0) is 24.5 Å². The van der Waals surface area contributed by atoms with Gasteiger partial charge in [-0.15, -0.1) is 0 Å². The molecular weight excluding hydrogens is 228 g/mol. The van der Waals surface area contributed by atoms with Gasteiger partial charge in [-0.3, -0.25) is 0 Å². The van der Waals surface area contributed by atoms with Crippen LogP contribution in [-0.2, 0) is 6.42 Å². The highest BCUT2D eigenvalue weighted by molar-refractivity contribution is 6.31. The normalized spacial score (nSPS) is 10.7. The standard InChI is InChI=1S/C16H25Cl/c1-2-3-4-5-6-7-8-9-12-15-13-10-11-14-16(15)17/h10-11,13-14H,2-9,12H2,1H3. The third-order valence-corrected chi connectivity index (χ3v) is 3.63. The van der Waals surface area contributed by atoms with Crippen LogP contribution in [0.3, 0.4) is 0 Å². The first-order valence-electron chi connectivity index (χ1n) is 7.08. The molecule has 0 aliphatic rings. The van der Waals surface area contributed by atoms with Crippen molar-refractivity contribution in [2.24, 2.45) is 0 Å². The van der Waals surface area contributed by atoms with Crippen LogP contribution in [0.2, 0.25) is 5.02 Å². The quantitative estimate of drug-likeness (QED) is 0.471. The van der Waals surface area contributed by atoms with Gasteiger partial charge < -0.3 is 0 Å². The Morgan fingerprint density at radius 2 is 1.41 bits per heavy atom. The van der Waals surface area contributed by atoms with Crippen molar-refractivity contribution in [2.45, 2.75) is 64.7 Å². The summed E-state index contributed by atoms with van der Waals surface area (Å²) in [5.41, 5.74) is 1.31. The van der Waals surface area contributed by atoms with Crippen LogP contribution in [0.25, 0.3) is 0 Å². The van der Waals surface area contributed by atoms with E-state index in [-0.39, 0.29) is 0 Å². The summed E-state index contributed by atoms with van der Waals surface area (Å²) in [7, 11) is 0. The minimum atomic E-state index is 0.926. The lowest BCUT2D eigenvalue weighted by Gasteiger charge is -2.04. The molecule has 1 aromatic carbocycles. The molecular formula is C16H25Cl. The van der Waals surface area contributed by atoms with Gasteiger partial charge in [-0.2, -0.15) is 0 Å². The highest BCUT2D eigenvalue weighted by Crippen LogP contribution is 2.18. The number of unbranched alkanes of at least 4 members (excludes halogenated alkanes) is 7. The van der Waals surface area contributed by atoms with Gasteiger partial charge in [0.25, 0.3) is 0 Å². The lowest BCUT2D eigenvalue weighted by atomic mass is 10.0. The number of rotatable bonds is 9. The number of halogens is 1. The lowest BCUT2D eigenvalue weighted by molar-refractivity contribution is 0.575. The molecule has 0 heterocycles. The maximum atomic E-state index is 6.12. The lowest BCUT2D eigenvalue weighted by Crippen LogP contribution is -1.87. The van der Waals surface area contributed by atoms with Crippen molar-refractivity contribution in [1.29, 1.82) is 0 Å². The van der Waals surface area contributed by atoms with Crippen molar-refractivity contribution >= 4 is 11.6 Å². The smallest absolute Gasteiger partial charge is 0.0437 e. The fourth-order valence-corrected chi connectivity index (χ4v) is 2.38. The summed E-state index contributed by atoms with van der Waals surface area (Å²) >= 11 is 6.12. The van der Waals surface area contributed by atoms with E-state index in [1.165, 1.54) is 56.9 Å². The molecule has 0 aromatic heterocycles. The van der Waals surface area contributed by atoms with Crippen LogP contribution >= 0.6 is 11.6 Å². The van der Waals surface area contributed by atoms with Crippen LogP contribution < -0.4 is 0 Å². The third kappa shape index (κ3) is 6.73. The Balaban J connectivity index is 1.99. The van der Waals surface area contributed by atoms with Crippen LogP contribution in [0.4, 0.5) is 0 Å². The fourth-order valence-electron chi connectivity index (χ4n) is 2.15. The van der Waals surface area contributed by atoms with Crippen molar-refractivity contribution in [3.63, 3.8) is 0 Å². The molecule has 0 N–H and O–H groups in total. The van der Waals surface area contributed by atoms with E-state index in [4.69, 9.17) is 11.6 Å². The Hall–Kier alpha value is -0.490. The Labute approximate surface area is 111 Å². The molecule has 0 saturated carbocycles. The fraction of sp³-hybridized carbons (Fsp3) is 0.625. The Morgan fingerprint density at radius 1 is 0.824 bits per heavy atom. The van der Waals surface area contributed by atoms with E-state index in [1.807, 2.05) is 12.1 Å². The van der Waals surface area contributed by atoms with E-state index < -0.39 is 0 Å². The third-order valence-electron chi connectivity index (χ3n) is 3.26. The zero-order chi connectivity index (χ0) is 12.3. The summed E-state index contributed by atoms with van der Waals surface area (Å²) in [6.07, 6.45) is 12.1. The highest BCUT2D eigenvalue weighted by Gasteiger charge is 1.98. The molecule has 1 heteroatoms. The van der Waals surface area contributed by atoms with Crippen LogP contribution in [-0.4, -0.2) is 0 Å². The zero-order valence-corrected chi connectivity index (χ0v) is 11.8. The second-order valence-corrected chi connectivity index (χ2v) is 5.22. The van der Waals surface area contributed by atoms with E-state index in [0.29, 0.717) is 0 Å². The molecule has 0 radical (unpaired) electrons. The monoisotopic (exact) mass is 252 g/mol. The van der Waals surface area contributed by atoms with E-state index in [1.54, 1.807) is 0 Å². The molecule has 0 bridgehead atoms. The maximum absolute atomic E-state index is 6.12. The Kier molecular flexibility index (Phi) is 8.17. The Morgan fingerprint density at radius 3 is 2.06 bits per heavy atom. The number of hydrogen-bond acceptors (Lipinski definition) is 0. The van der Waals surface area contributed by atoms with Crippen molar-refractivity contribution in [2.75, 3.05) is 0 Å². The molecule has 0 saturated heterocycles. The van der Waals surface area contributed by atoms with Gasteiger partial charge >= 0.3 is 0 Å². The second-order valence-electron chi connectivity index (χ2n) is 4.82. The van der Waals surface area contributed by atoms with Gasteiger partial charge in [0.05, 0.1) is 0 Å². The molecule has 0 unspecified atom stereocenters. The molecule has 0 nitrogen and oxygen atoms in total. The van der Waals surface area contributed by atoms with Crippen LogP contribution in [0.1, 0.15) is 63.9 Å². The molecule has 1 aromatic rings. The first kappa shape index (κ1) is 14.6. The average molecular weight is 253 g/mol. The predicted octanol–water partition coefficient (Wildman–Crippen LogP) is 6.02. The van der Waals surface area contributed by atoms with E-state index in [9.17, 15) is 0 Å². The first-order chi connectivity index (χ1) is 8.34. The average Bonchev–Trinajstić information content (AvgIpc) is 2.35. The summed E-state index contributed by atoms with van der Waals surface area (Å²) in [5.74, 6) is 0. The number of aryl methyl sites for hydroxylation is 1. The van der Waals surface area contributed by atoms with Gasteiger partial charge in [0, 0.05) is 5.02 Å². The highest BCUT2D eigenvalue weighted by atomic mass is 35.5. The van der Waals surface area contributed by atoms with Gasteiger partial charge in [0.1, 0.15) is 0 Å².